The van der Waals surface area contributed by atoms with Gasteiger partial charge in [-0.1, -0.05) is 38.4 Å². The zero-order valence-corrected chi connectivity index (χ0v) is 14.2. The first kappa shape index (κ1) is 14.7. The molecule has 5 heteroatoms. The highest BCUT2D eigenvalue weighted by atomic mass is 35.5. The first-order valence-electron chi connectivity index (χ1n) is 6.94. The molecule has 1 aliphatic rings. The van der Waals surface area contributed by atoms with Crippen molar-refractivity contribution in [3.8, 4) is 5.75 Å². The lowest BCUT2D eigenvalue weighted by atomic mass is 9.91. The third kappa shape index (κ3) is 2.74. The van der Waals surface area contributed by atoms with E-state index >= 15 is 0 Å². The number of benzene rings is 1. The van der Waals surface area contributed by atoms with Gasteiger partial charge in [-0.05, 0) is 42.1 Å². The molecule has 0 fully saturated rings. The Labute approximate surface area is 134 Å². The van der Waals surface area contributed by atoms with E-state index in [0.29, 0.717) is 5.02 Å². The fraction of sp³-hybridized carbons (Fsp3) is 0.438. The molecule has 1 radical (unpaired) electrons. The second kappa shape index (κ2) is 5.18. The van der Waals surface area contributed by atoms with Crippen molar-refractivity contribution >= 4 is 33.8 Å². The number of hydrogen-bond acceptors (Lipinski definition) is 4. The van der Waals surface area contributed by atoms with E-state index in [9.17, 15) is 0 Å². The number of aromatic nitrogens is 1. The average molecular weight is 322 g/mol. The summed E-state index contributed by atoms with van der Waals surface area (Å²) in [7, 11) is 0. The standard InChI is InChI=1S/C16H18ClN2OS/c1-10-14(17)15(21-18-10)19-11-7-5-6-8-12(11)20-13(19)9-16(2,3)4/h6-8,13H,9H2,1-4H3. The summed E-state index contributed by atoms with van der Waals surface area (Å²) in [5.41, 5.74) is 2.03. The van der Waals surface area contributed by atoms with Crippen LogP contribution in [0.25, 0.3) is 0 Å². The van der Waals surface area contributed by atoms with Gasteiger partial charge in [0.05, 0.1) is 16.4 Å². The molecule has 21 heavy (non-hydrogen) atoms. The molecule has 0 aliphatic carbocycles. The van der Waals surface area contributed by atoms with Gasteiger partial charge in [-0.25, -0.2) is 0 Å². The van der Waals surface area contributed by atoms with Gasteiger partial charge >= 0.3 is 0 Å². The smallest absolute Gasteiger partial charge is 0.177 e. The molecule has 3 nitrogen and oxygen atoms in total. The summed E-state index contributed by atoms with van der Waals surface area (Å²) in [6.07, 6.45) is 0.836. The molecule has 2 heterocycles. The van der Waals surface area contributed by atoms with Crippen molar-refractivity contribution in [3.63, 3.8) is 0 Å². The fourth-order valence-corrected chi connectivity index (χ4v) is 3.58. The topological polar surface area (TPSA) is 25.4 Å². The lowest BCUT2D eigenvalue weighted by Crippen LogP contribution is -2.34. The number of ether oxygens (including phenoxy) is 1. The Morgan fingerprint density at radius 3 is 2.86 bits per heavy atom. The summed E-state index contributed by atoms with van der Waals surface area (Å²) in [6.45, 7) is 8.56. The molecular formula is C16H18ClN2OS. The van der Waals surface area contributed by atoms with Crippen LogP contribution in [0.3, 0.4) is 0 Å². The minimum atomic E-state index is -0.0619. The Bertz CT molecular complexity index is 663. The summed E-state index contributed by atoms with van der Waals surface area (Å²) in [6, 6.07) is 8.89. The van der Waals surface area contributed by atoms with Gasteiger partial charge in [-0.15, -0.1) is 0 Å². The quantitative estimate of drug-likeness (QED) is 0.760. The highest BCUT2D eigenvalue weighted by Crippen LogP contribution is 2.48. The first-order chi connectivity index (χ1) is 9.87. The molecule has 1 aromatic carbocycles. The van der Waals surface area contributed by atoms with Gasteiger partial charge in [0.1, 0.15) is 10.8 Å². The van der Waals surface area contributed by atoms with E-state index < -0.39 is 0 Å². The Morgan fingerprint density at radius 1 is 1.48 bits per heavy atom. The zero-order chi connectivity index (χ0) is 15.2. The molecular weight excluding hydrogens is 304 g/mol. The lowest BCUT2D eigenvalue weighted by molar-refractivity contribution is 0.169. The molecule has 2 aromatic rings. The molecule has 0 N–H and O–H groups in total. The second-order valence-electron chi connectivity index (χ2n) is 6.49. The van der Waals surface area contributed by atoms with E-state index in [1.807, 2.05) is 25.1 Å². The van der Waals surface area contributed by atoms with Crippen LogP contribution in [0.1, 0.15) is 32.9 Å². The minimum absolute atomic E-state index is 0.0619. The van der Waals surface area contributed by atoms with Gasteiger partial charge in [0.25, 0.3) is 0 Å². The SMILES string of the molecule is Cc1nsc(N2c3c[c]ccc3OC2CC(C)(C)C)c1Cl. The molecule has 3 rings (SSSR count). The summed E-state index contributed by atoms with van der Waals surface area (Å²) in [5, 5.41) is 1.65. The summed E-state index contributed by atoms with van der Waals surface area (Å²) >= 11 is 7.85. The van der Waals surface area contributed by atoms with Crippen molar-refractivity contribution in [1.29, 1.82) is 0 Å². The van der Waals surface area contributed by atoms with Crippen molar-refractivity contribution in [2.75, 3.05) is 4.90 Å². The third-order valence-corrected chi connectivity index (χ3v) is 4.90. The number of anilines is 2. The van der Waals surface area contributed by atoms with E-state index in [-0.39, 0.29) is 11.6 Å². The summed E-state index contributed by atoms with van der Waals surface area (Å²) in [5.74, 6) is 0.880. The van der Waals surface area contributed by atoms with Crippen LogP contribution in [0.5, 0.6) is 5.75 Å². The molecule has 0 amide bonds. The Kier molecular flexibility index (Phi) is 3.62. The largest absolute Gasteiger partial charge is 0.468 e. The van der Waals surface area contributed by atoms with Crippen LogP contribution in [-0.2, 0) is 0 Å². The van der Waals surface area contributed by atoms with Crippen LogP contribution in [-0.4, -0.2) is 10.6 Å². The number of nitrogens with zero attached hydrogens (tertiary/aromatic N) is 2. The monoisotopic (exact) mass is 321 g/mol. The Morgan fingerprint density at radius 2 is 2.24 bits per heavy atom. The highest BCUT2D eigenvalue weighted by molar-refractivity contribution is 7.11. The molecule has 0 spiro atoms. The number of fused-ring (bicyclic) bond motifs is 1. The van der Waals surface area contributed by atoms with Gasteiger partial charge in [0, 0.05) is 6.42 Å². The predicted octanol–water partition coefficient (Wildman–Crippen LogP) is 5.20. The van der Waals surface area contributed by atoms with E-state index in [2.05, 4.69) is 36.1 Å². The molecule has 0 bridgehead atoms. The number of rotatable bonds is 2. The fourth-order valence-electron chi connectivity index (χ4n) is 2.44. The number of aryl methyl sites for hydroxylation is 1. The molecule has 111 valence electrons. The van der Waals surface area contributed by atoms with Crippen LogP contribution < -0.4 is 9.64 Å². The highest BCUT2D eigenvalue weighted by Gasteiger charge is 2.37. The van der Waals surface area contributed by atoms with Crippen LogP contribution in [0.15, 0.2) is 18.2 Å². The van der Waals surface area contributed by atoms with Crippen molar-refractivity contribution < 1.29 is 4.74 Å². The molecule has 1 aromatic heterocycles. The first-order valence-corrected chi connectivity index (χ1v) is 8.10. The molecule has 0 saturated heterocycles. The Balaban J connectivity index is 2.05. The van der Waals surface area contributed by atoms with Crippen molar-refractivity contribution in [1.82, 2.24) is 4.37 Å². The maximum absolute atomic E-state index is 6.43. The summed E-state index contributed by atoms with van der Waals surface area (Å²) in [4.78, 5) is 2.16. The lowest BCUT2D eigenvalue weighted by Gasteiger charge is -2.29. The third-order valence-electron chi connectivity index (χ3n) is 3.39. The van der Waals surface area contributed by atoms with Crippen molar-refractivity contribution in [2.24, 2.45) is 5.41 Å². The normalized spacial score (nSPS) is 17.8. The van der Waals surface area contributed by atoms with Crippen LogP contribution in [0.4, 0.5) is 10.7 Å². The Hall–Kier alpha value is -1.26. The van der Waals surface area contributed by atoms with Gasteiger partial charge in [0.15, 0.2) is 6.23 Å². The second-order valence-corrected chi connectivity index (χ2v) is 7.62. The van der Waals surface area contributed by atoms with E-state index in [4.69, 9.17) is 16.3 Å². The van der Waals surface area contributed by atoms with Crippen molar-refractivity contribution in [3.05, 3.63) is 35.0 Å². The van der Waals surface area contributed by atoms with Crippen LogP contribution >= 0.6 is 23.1 Å². The van der Waals surface area contributed by atoms with E-state index in [1.54, 1.807) is 0 Å². The molecule has 1 atom stereocenters. The summed E-state index contributed by atoms with van der Waals surface area (Å²) < 4.78 is 10.5. The van der Waals surface area contributed by atoms with Gasteiger partial charge in [-0.2, -0.15) is 4.37 Å². The molecule has 1 unspecified atom stereocenters. The van der Waals surface area contributed by atoms with Crippen LogP contribution in [0, 0.1) is 18.4 Å². The maximum Gasteiger partial charge on any atom is 0.177 e. The van der Waals surface area contributed by atoms with Gasteiger partial charge < -0.3 is 4.74 Å². The maximum atomic E-state index is 6.43. The van der Waals surface area contributed by atoms with E-state index in [1.165, 1.54) is 11.5 Å². The zero-order valence-electron chi connectivity index (χ0n) is 12.6. The van der Waals surface area contributed by atoms with Crippen LogP contribution in [0.2, 0.25) is 5.02 Å². The van der Waals surface area contributed by atoms with Gasteiger partial charge in [-0.3, -0.25) is 4.90 Å². The predicted molar refractivity (Wildman–Crippen MR) is 87.8 cm³/mol. The van der Waals surface area contributed by atoms with Crippen molar-refractivity contribution in [2.45, 2.75) is 40.3 Å². The molecule has 0 saturated carbocycles. The van der Waals surface area contributed by atoms with Gasteiger partial charge in [0.2, 0.25) is 0 Å². The number of hydrogen-bond donors (Lipinski definition) is 0. The average Bonchev–Trinajstić information content (AvgIpc) is 2.89. The van der Waals surface area contributed by atoms with E-state index in [0.717, 1.165) is 28.6 Å². The molecule has 1 aliphatic heterocycles. The number of halogens is 1. The minimum Gasteiger partial charge on any atom is -0.468 e.